The molecule has 2 aromatic carbocycles. The van der Waals surface area contributed by atoms with Crippen molar-refractivity contribution in [2.45, 2.75) is 25.3 Å². The van der Waals surface area contributed by atoms with Gasteiger partial charge in [-0.2, -0.15) is 5.26 Å². The summed E-state index contributed by atoms with van der Waals surface area (Å²) in [6, 6.07) is 16.3. The summed E-state index contributed by atoms with van der Waals surface area (Å²) in [6.45, 7) is 0. The van der Waals surface area contributed by atoms with Crippen LogP contribution in [0.15, 0.2) is 42.5 Å². The highest BCUT2D eigenvalue weighted by atomic mass is 16.5. The van der Waals surface area contributed by atoms with E-state index in [0.29, 0.717) is 17.2 Å². The second kappa shape index (κ2) is 6.81. The van der Waals surface area contributed by atoms with Crippen LogP contribution in [-0.2, 0) is 4.74 Å². The lowest BCUT2D eigenvalue weighted by molar-refractivity contribution is 0.0601. The molecule has 0 amide bonds. The fourth-order valence-electron chi connectivity index (χ4n) is 3.77. The number of nitrogens with zero attached hydrogens (tertiary/aromatic N) is 2. The molecule has 136 valence electrons. The number of fused-ring (bicyclic) bond motifs is 1. The largest absolute Gasteiger partial charge is 0.465 e. The maximum Gasteiger partial charge on any atom is 0.337 e. The standard InChI is InChI=1S/C22H21N3O2/c1-24-16-9-6-14(7-10-16)21-19(13-23)18-11-8-15(22(26)27-2)12-20(18)25(21)17-4-3-5-17/h6-12,17,24H,3-5H2,1-2H3. The van der Waals surface area contributed by atoms with Crippen molar-refractivity contribution in [3.8, 4) is 17.3 Å². The second-order valence-electron chi connectivity index (χ2n) is 6.84. The van der Waals surface area contributed by atoms with Crippen molar-refractivity contribution in [3.05, 3.63) is 53.6 Å². The van der Waals surface area contributed by atoms with E-state index in [4.69, 9.17) is 4.74 Å². The lowest BCUT2D eigenvalue weighted by Crippen LogP contribution is -2.18. The van der Waals surface area contributed by atoms with Gasteiger partial charge in [0.05, 0.1) is 29.4 Å². The van der Waals surface area contributed by atoms with E-state index in [1.54, 1.807) is 6.07 Å². The van der Waals surface area contributed by atoms with Crippen LogP contribution in [0.1, 0.15) is 41.2 Å². The number of anilines is 1. The first-order valence-corrected chi connectivity index (χ1v) is 9.12. The Balaban J connectivity index is 2.00. The lowest BCUT2D eigenvalue weighted by atomic mass is 9.92. The number of aromatic nitrogens is 1. The Hall–Kier alpha value is -3.26. The van der Waals surface area contributed by atoms with Crippen molar-refractivity contribution in [2.75, 3.05) is 19.5 Å². The number of carbonyl (C=O) groups excluding carboxylic acids is 1. The highest BCUT2D eigenvalue weighted by Crippen LogP contribution is 2.42. The van der Waals surface area contributed by atoms with Crippen LogP contribution < -0.4 is 5.32 Å². The van der Waals surface area contributed by atoms with Crippen LogP contribution in [0.4, 0.5) is 5.69 Å². The van der Waals surface area contributed by atoms with Gasteiger partial charge >= 0.3 is 5.97 Å². The van der Waals surface area contributed by atoms with Crippen molar-refractivity contribution in [2.24, 2.45) is 0 Å². The predicted octanol–water partition coefficient (Wildman–Crippen LogP) is 4.73. The maximum atomic E-state index is 12.0. The number of benzene rings is 2. The van der Waals surface area contributed by atoms with Gasteiger partial charge in [0.25, 0.3) is 0 Å². The molecular weight excluding hydrogens is 338 g/mol. The predicted molar refractivity (Wildman–Crippen MR) is 106 cm³/mol. The Bertz CT molecular complexity index is 1050. The van der Waals surface area contributed by atoms with E-state index in [-0.39, 0.29) is 5.97 Å². The van der Waals surface area contributed by atoms with Crippen molar-refractivity contribution >= 4 is 22.6 Å². The van der Waals surface area contributed by atoms with Crippen molar-refractivity contribution < 1.29 is 9.53 Å². The van der Waals surface area contributed by atoms with Crippen LogP contribution in [0.2, 0.25) is 0 Å². The fraction of sp³-hybridized carbons (Fsp3) is 0.273. The van der Waals surface area contributed by atoms with E-state index >= 15 is 0 Å². The van der Waals surface area contributed by atoms with Crippen LogP contribution in [-0.4, -0.2) is 24.7 Å². The van der Waals surface area contributed by atoms with Crippen LogP contribution in [0.3, 0.4) is 0 Å². The number of methoxy groups -OCH3 is 1. The number of carbonyl (C=O) groups is 1. The van der Waals surface area contributed by atoms with Gasteiger partial charge in [0.2, 0.25) is 0 Å². The molecule has 0 aliphatic heterocycles. The zero-order valence-electron chi connectivity index (χ0n) is 15.5. The van der Waals surface area contributed by atoms with Gasteiger partial charge in [-0.15, -0.1) is 0 Å². The molecule has 1 saturated carbocycles. The van der Waals surface area contributed by atoms with Gasteiger partial charge in [0.15, 0.2) is 0 Å². The normalized spacial score (nSPS) is 13.8. The van der Waals surface area contributed by atoms with E-state index in [9.17, 15) is 10.1 Å². The molecule has 27 heavy (non-hydrogen) atoms. The van der Waals surface area contributed by atoms with Gasteiger partial charge in [-0.05, 0) is 49.1 Å². The summed E-state index contributed by atoms with van der Waals surface area (Å²) in [5.41, 5.74) is 5.05. The number of hydrogen-bond donors (Lipinski definition) is 1. The molecule has 0 radical (unpaired) electrons. The average molecular weight is 359 g/mol. The van der Waals surface area contributed by atoms with E-state index in [0.717, 1.165) is 40.7 Å². The molecule has 4 rings (SSSR count). The second-order valence-corrected chi connectivity index (χ2v) is 6.84. The van der Waals surface area contributed by atoms with Crippen molar-refractivity contribution in [3.63, 3.8) is 0 Å². The van der Waals surface area contributed by atoms with Crippen LogP contribution in [0.25, 0.3) is 22.2 Å². The van der Waals surface area contributed by atoms with Crippen molar-refractivity contribution in [1.82, 2.24) is 4.57 Å². The van der Waals surface area contributed by atoms with Crippen LogP contribution in [0, 0.1) is 11.3 Å². The molecule has 1 aromatic heterocycles. The maximum absolute atomic E-state index is 12.0. The molecule has 0 saturated heterocycles. The highest BCUT2D eigenvalue weighted by Gasteiger charge is 2.28. The van der Waals surface area contributed by atoms with E-state index in [1.165, 1.54) is 13.5 Å². The Morgan fingerprint density at radius 2 is 1.96 bits per heavy atom. The average Bonchev–Trinajstić information content (AvgIpc) is 2.99. The quantitative estimate of drug-likeness (QED) is 0.684. The topological polar surface area (TPSA) is 67.1 Å². The first-order chi connectivity index (χ1) is 13.2. The van der Waals surface area contributed by atoms with Gasteiger partial charge in [-0.25, -0.2) is 4.79 Å². The highest BCUT2D eigenvalue weighted by molar-refractivity contribution is 6.00. The molecular formula is C22H21N3O2. The van der Waals surface area contributed by atoms with Crippen LogP contribution in [0.5, 0.6) is 0 Å². The van der Waals surface area contributed by atoms with Crippen molar-refractivity contribution in [1.29, 1.82) is 5.26 Å². The first-order valence-electron chi connectivity index (χ1n) is 9.12. The lowest BCUT2D eigenvalue weighted by Gasteiger charge is -2.30. The summed E-state index contributed by atoms with van der Waals surface area (Å²) in [5.74, 6) is -0.364. The number of ether oxygens (including phenoxy) is 1. The summed E-state index contributed by atoms with van der Waals surface area (Å²) < 4.78 is 7.13. The van der Waals surface area contributed by atoms with Gasteiger partial charge in [0, 0.05) is 24.2 Å². The molecule has 1 heterocycles. The monoisotopic (exact) mass is 359 g/mol. The van der Waals surface area contributed by atoms with Gasteiger partial charge in [-0.3, -0.25) is 0 Å². The summed E-state index contributed by atoms with van der Waals surface area (Å²) in [6.07, 6.45) is 3.35. The molecule has 0 atom stereocenters. The molecule has 3 aromatic rings. The molecule has 1 aliphatic carbocycles. The molecule has 1 aliphatic rings. The zero-order valence-corrected chi connectivity index (χ0v) is 15.5. The van der Waals surface area contributed by atoms with E-state index in [2.05, 4.69) is 16.0 Å². The number of esters is 1. The Kier molecular flexibility index (Phi) is 4.33. The number of nitrogens with one attached hydrogen (secondary N) is 1. The SMILES string of the molecule is CNc1ccc(-c2c(C#N)c3ccc(C(=O)OC)cc3n2C2CCC2)cc1. The fourth-order valence-corrected chi connectivity index (χ4v) is 3.77. The van der Waals surface area contributed by atoms with Gasteiger partial charge in [0.1, 0.15) is 6.07 Å². The molecule has 0 spiro atoms. The number of nitriles is 1. The zero-order chi connectivity index (χ0) is 19.0. The Morgan fingerprint density at radius 1 is 1.22 bits per heavy atom. The van der Waals surface area contributed by atoms with E-state index < -0.39 is 0 Å². The van der Waals surface area contributed by atoms with Gasteiger partial charge in [-0.1, -0.05) is 18.2 Å². The summed E-state index contributed by atoms with van der Waals surface area (Å²) in [4.78, 5) is 12.0. The van der Waals surface area contributed by atoms with Crippen LogP contribution >= 0.6 is 0 Å². The molecule has 5 heteroatoms. The minimum Gasteiger partial charge on any atom is -0.465 e. The summed E-state index contributed by atoms with van der Waals surface area (Å²) >= 11 is 0. The molecule has 1 fully saturated rings. The third kappa shape index (κ3) is 2.74. The minimum absolute atomic E-state index is 0.349. The molecule has 0 bridgehead atoms. The molecule has 5 nitrogen and oxygen atoms in total. The number of rotatable bonds is 4. The third-order valence-electron chi connectivity index (χ3n) is 5.42. The molecule has 1 N–H and O–H groups in total. The van der Waals surface area contributed by atoms with Gasteiger partial charge < -0.3 is 14.6 Å². The molecule has 0 unspecified atom stereocenters. The number of hydrogen-bond acceptors (Lipinski definition) is 4. The Morgan fingerprint density at radius 3 is 2.52 bits per heavy atom. The first kappa shape index (κ1) is 17.2. The third-order valence-corrected chi connectivity index (χ3v) is 5.42. The summed E-state index contributed by atoms with van der Waals surface area (Å²) in [5, 5.41) is 13.9. The smallest absolute Gasteiger partial charge is 0.337 e. The van der Waals surface area contributed by atoms with E-state index in [1.807, 2.05) is 43.4 Å². The minimum atomic E-state index is -0.364. The summed E-state index contributed by atoms with van der Waals surface area (Å²) in [7, 11) is 3.27. The Labute approximate surface area is 158 Å².